The molecule has 0 spiro atoms. The third-order valence-electron chi connectivity index (χ3n) is 14.7. The number of ether oxygens (including phenoxy) is 3. The summed E-state index contributed by atoms with van der Waals surface area (Å²) in [6, 6.07) is -0.813. The van der Waals surface area contributed by atoms with E-state index in [0.29, 0.717) is 19.4 Å². The minimum atomic E-state index is -1.57. The number of aliphatic hydroxyl groups is 5. The van der Waals surface area contributed by atoms with Crippen LogP contribution in [0.1, 0.15) is 284 Å². The maximum atomic E-state index is 13.0. The van der Waals surface area contributed by atoms with Gasteiger partial charge in [0, 0.05) is 12.8 Å². The summed E-state index contributed by atoms with van der Waals surface area (Å²) in [4.78, 5) is 25.1. The summed E-state index contributed by atoms with van der Waals surface area (Å²) < 4.78 is 16.6. The van der Waals surface area contributed by atoms with E-state index in [-0.39, 0.29) is 18.5 Å². The van der Waals surface area contributed by atoms with E-state index in [1.165, 1.54) is 186 Å². The van der Waals surface area contributed by atoms with Gasteiger partial charge in [-0.15, -0.1) is 0 Å². The van der Waals surface area contributed by atoms with E-state index >= 15 is 0 Å². The molecule has 0 saturated carbocycles. The van der Waals surface area contributed by atoms with E-state index in [9.17, 15) is 35.1 Å². The lowest BCUT2D eigenvalue weighted by Gasteiger charge is -2.40. The molecule has 0 radical (unpaired) electrons. The highest BCUT2D eigenvalue weighted by Gasteiger charge is 2.44. The van der Waals surface area contributed by atoms with Crippen LogP contribution < -0.4 is 5.32 Å². The molecular weight excluding hydrogens is 943 g/mol. The maximum Gasteiger partial charge on any atom is 0.305 e. The van der Waals surface area contributed by atoms with Gasteiger partial charge in [-0.3, -0.25) is 9.59 Å². The van der Waals surface area contributed by atoms with E-state index in [1.54, 1.807) is 6.08 Å². The Bertz CT molecular complexity index is 1390. The Morgan fingerprint density at radius 1 is 0.493 bits per heavy atom. The smallest absolute Gasteiger partial charge is 0.305 e. The first-order valence-electron chi connectivity index (χ1n) is 31.4. The first kappa shape index (κ1) is 70.6. The van der Waals surface area contributed by atoms with Crippen LogP contribution in [0.2, 0.25) is 0 Å². The normalized spacial score (nSPS) is 19.1. The number of amides is 1. The van der Waals surface area contributed by atoms with Gasteiger partial charge in [0.1, 0.15) is 24.4 Å². The van der Waals surface area contributed by atoms with Crippen molar-refractivity contribution in [1.29, 1.82) is 0 Å². The first-order valence-corrected chi connectivity index (χ1v) is 31.4. The number of carbonyl (C=O) groups excluding carboxylic acids is 2. The topological polar surface area (TPSA) is 175 Å². The van der Waals surface area contributed by atoms with Crippen LogP contribution >= 0.6 is 0 Å². The lowest BCUT2D eigenvalue weighted by molar-refractivity contribution is -0.302. The van der Waals surface area contributed by atoms with Crippen LogP contribution in [-0.2, 0) is 23.8 Å². The number of unbranched alkanes of at least 4 members (excludes halogenated alkanes) is 34. The molecule has 0 aromatic carbocycles. The fourth-order valence-electron chi connectivity index (χ4n) is 9.68. The molecule has 0 aliphatic carbocycles. The number of hydrogen-bond acceptors (Lipinski definition) is 10. The first-order chi connectivity index (χ1) is 36.7. The zero-order valence-corrected chi connectivity index (χ0v) is 48.3. The van der Waals surface area contributed by atoms with Crippen molar-refractivity contribution in [2.24, 2.45) is 0 Å². The van der Waals surface area contributed by atoms with Crippen molar-refractivity contribution in [3.63, 3.8) is 0 Å². The van der Waals surface area contributed by atoms with E-state index in [4.69, 9.17) is 14.2 Å². The van der Waals surface area contributed by atoms with Crippen LogP contribution in [0, 0.1) is 0 Å². The van der Waals surface area contributed by atoms with Gasteiger partial charge in [-0.1, -0.05) is 242 Å². The monoisotopic (exact) mass is 1060 g/mol. The number of carbonyl (C=O) groups is 2. The molecule has 1 aliphatic rings. The second-order valence-corrected chi connectivity index (χ2v) is 21.8. The van der Waals surface area contributed by atoms with Crippen molar-refractivity contribution < 1.29 is 49.3 Å². The molecule has 438 valence electrons. The van der Waals surface area contributed by atoms with Gasteiger partial charge < -0.3 is 45.1 Å². The quantitative estimate of drug-likeness (QED) is 0.0195. The molecule has 1 heterocycles. The Balaban J connectivity index is 2.01. The molecule has 11 nitrogen and oxygen atoms in total. The van der Waals surface area contributed by atoms with E-state index in [2.05, 4.69) is 55.6 Å². The Kier molecular flexibility index (Phi) is 50.5. The van der Waals surface area contributed by atoms with E-state index in [1.807, 2.05) is 6.08 Å². The van der Waals surface area contributed by atoms with Crippen LogP contribution in [0.5, 0.6) is 0 Å². The summed E-state index contributed by atoms with van der Waals surface area (Å²) >= 11 is 0. The van der Waals surface area contributed by atoms with Crippen molar-refractivity contribution in [1.82, 2.24) is 5.32 Å². The zero-order chi connectivity index (χ0) is 54.5. The highest BCUT2D eigenvalue weighted by molar-refractivity contribution is 5.76. The van der Waals surface area contributed by atoms with Crippen molar-refractivity contribution in [2.45, 2.75) is 326 Å². The number of allylic oxidation sites excluding steroid dienone is 6. The molecule has 1 rings (SSSR count). The Morgan fingerprint density at radius 3 is 1.36 bits per heavy atom. The van der Waals surface area contributed by atoms with Crippen LogP contribution in [0.3, 0.4) is 0 Å². The molecule has 1 saturated heterocycles. The predicted octanol–water partition coefficient (Wildman–Crippen LogP) is 14.8. The van der Waals surface area contributed by atoms with Crippen molar-refractivity contribution in [3.05, 3.63) is 48.6 Å². The SMILES string of the molecule is CCCCCCCC/C=C\CCCCCCCCCC(=O)OCC/C=C\C/C=C\CCCCCCCCCCCCCCCCC(=O)NC(COC1OC(CO)C(O)C(O)C1O)C(O)/C=C/CCCCCCCCC. The fourth-order valence-corrected chi connectivity index (χ4v) is 9.68. The molecule has 0 aromatic rings. The maximum absolute atomic E-state index is 13.0. The van der Waals surface area contributed by atoms with Gasteiger partial charge in [-0.05, 0) is 77.0 Å². The Hall–Kier alpha value is -2.38. The van der Waals surface area contributed by atoms with Gasteiger partial charge in [0.15, 0.2) is 6.29 Å². The van der Waals surface area contributed by atoms with Crippen molar-refractivity contribution >= 4 is 11.9 Å². The van der Waals surface area contributed by atoms with Crippen LogP contribution in [-0.4, -0.2) is 100 Å². The van der Waals surface area contributed by atoms with Gasteiger partial charge in [0.2, 0.25) is 5.91 Å². The lowest BCUT2D eigenvalue weighted by Crippen LogP contribution is -2.60. The standard InChI is InChI=1S/C64H117NO10/c1-3-5-7-9-11-13-14-15-16-22-26-29-32-36-40-44-48-52-60(69)73-53-49-45-41-37-33-30-27-24-21-19-17-18-20-23-25-28-31-35-39-43-47-51-59(68)65-56(57(67)50-46-42-38-34-12-10-8-6-4-2)55-74-64-63(72)62(71)61(70)58(54-66)75-64/h15-16,30,33,41,45-46,50,56-58,61-64,66-67,70-72H,3-14,17-29,31-32,34-40,42-44,47-49,51-55H2,1-2H3,(H,65,68)/b16-15-,33-30-,45-41-,50-46+. The molecule has 75 heavy (non-hydrogen) atoms. The van der Waals surface area contributed by atoms with E-state index in [0.717, 1.165) is 70.6 Å². The third kappa shape index (κ3) is 43.2. The van der Waals surface area contributed by atoms with Gasteiger partial charge >= 0.3 is 5.97 Å². The molecular formula is C64H117NO10. The summed E-state index contributed by atoms with van der Waals surface area (Å²) in [5.74, 6) is -0.241. The largest absolute Gasteiger partial charge is 0.465 e. The average Bonchev–Trinajstić information content (AvgIpc) is 3.41. The number of aliphatic hydroxyl groups excluding tert-OH is 5. The molecule has 1 fully saturated rings. The third-order valence-corrected chi connectivity index (χ3v) is 14.7. The number of nitrogens with one attached hydrogen (secondary N) is 1. The molecule has 1 aliphatic heterocycles. The van der Waals surface area contributed by atoms with Crippen LogP contribution in [0.25, 0.3) is 0 Å². The number of rotatable bonds is 54. The van der Waals surface area contributed by atoms with Gasteiger partial charge in [0.05, 0.1) is 32.0 Å². The summed E-state index contributed by atoms with van der Waals surface area (Å²) in [6.45, 7) is 4.20. The fraction of sp³-hybridized carbons (Fsp3) is 0.844. The zero-order valence-electron chi connectivity index (χ0n) is 48.3. The number of esters is 1. The second kappa shape index (κ2) is 53.6. The van der Waals surface area contributed by atoms with Gasteiger partial charge in [-0.2, -0.15) is 0 Å². The highest BCUT2D eigenvalue weighted by Crippen LogP contribution is 2.23. The second-order valence-electron chi connectivity index (χ2n) is 21.8. The lowest BCUT2D eigenvalue weighted by atomic mass is 9.99. The molecule has 6 N–H and O–H groups in total. The van der Waals surface area contributed by atoms with Gasteiger partial charge in [0.25, 0.3) is 0 Å². The predicted molar refractivity (Wildman–Crippen MR) is 310 cm³/mol. The molecule has 11 heteroatoms. The summed E-state index contributed by atoms with van der Waals surface area (Å²) in [6.07, 6.45) is 58.1. The minimum Gasteiger partial charge on any atom is -0.465 e. The Labute approximate surface area is 459 Å². The summed E-state index contributed by atoms with van der Waals surface area (Å²) in [5, 5.41) is 54.2. The van der Waals surface area contributed by atoms with Gasteiger partial charge in [-0.25, -0.2) is 0 Å². The molecule has 7 unspecified atom stereocenters. The summed E-state index contributed by atoms with van der Waals surface area (Å²) in [7, 11) is 0. The van der Waals surface area contributed by atoms with E-state index < -0.39 is 49.5 Å². The molecule has 0 bridgehead atoms. The average molecular weight is 1060 g/mol. The van der Waals surface area contributed by atoms with Crippen LogP contribution in [0.15, 0.2) is 48.6 Å². The minimum absolute atomic E-state index is 0.0521. The highest BCUT2D eigenvalue weighted by atomic mass is 16.7. The molecule has 1 amide bonds. The Morgan fingerprint density at radius 2 is 0.893 bits per heavy atom. The molecule has 0 aromatic heterocycles. The van der Waals surface area contributed by atoms with Crippen LogP contribution in [0.4, 0.5) is 0 Å². The number of hydrogen-bond donors (Lipinski definition) is 6. The van der Waals surface area contributed by atoms with Crippen molar-refractivity contribution in [2.75, 3.05) is 19.8 Å². The van der Waals surface area contributed by atoms with Crippen molar-refractivity contribution in [3.8, 4) is 0 Å². The molecule has 7 atom stereocenters. The summed E-state index contributed by atoms with van der Waals surface area (Å²) in [5.41, 5.74) is 0.